The van der Waals surface area contributed by atoms with Gasteiger partial charge in [-0.2, -0.15) is 5.10 Å². The van der Waals surface area contributed by atoms with Crippen molar-refractivity contribution in [1.29, 1.82) is 0 Å². The molecule has 20 heavy (non-hydrogen) atoms. The van der Waals surface area contributed by atoms with Crippen LogP contribution >= 0.6 is 0 Å². The number of nitrogens with zero attached hydrogens (tertiary/aromatic N) is 2. The van der Waals surface area contributed by atoms with Gasteiger partial charge in [0.25, 0.3) is 0 Å². The number of benzene rings is 1. The molecule has 0 spiro atoms. The van der Waals surface area contributed by atoms with Gasteiger partial charge in [-0.05, 0) is 37.5 Å². The molecule has 4 nitrogen and oxygen atoms in total. The van der Waals surface area contributed by atoms with Crippen LogP contribution in [0.3, 0.4) is 0 Å². The van der Waals surface area contributed by atoms with Gasteiger partial charge in [0.1, 0.15) is 0 Å². The summed E-state index contributed by atoms with van der Waals surface area (Å²) in [5.74, 6) is 0. The van der Waals surface area contributed by atoms with E-state index in [9.17, 15) is 5.11 Å². The Morgan fingerprint density at radius 2 is 2.10 bits per heavy atom. The summed E-state index contributed by atoms with van der Waals surface area (Å²) in [4.78, 5) is 0. The highest BCUT2D eigenvalue weighted by Crippen LogP contribution is 2.25. The molecule has 2 aromatic rings. The zero-order valence-electron chi connectivity index (χ0n) is 11.5. The van der Waals surface area contributed by atoms with Crippen molar-refractivity contribution in [1.82, 2.24) is 9.78 Å². The number of aliphatic hydroxyl groups is 1. The van der Waals surface area contributed by atoms with Gasteiger partial charge in [-0.15, -0.1) is 0 Å². The fraction of sp³-hybridized carbons (Fsp3) is 0.438. The summed E-state index contributed by atoms with van der Waals surface area (Å²) >= 11 is 0. The van der Waals surface area contributed by atoms with Gasteiger partial charge in [-0.1, -0.05) is 18.2 Å². The maximum absolute atomic E-state index is 10.5. The molecule has 0 radical (unpaired) electrons. The van der Waals surface area contributed by atoms with Crippen molar-refractivity contribution in [3.05, 3.63) is 48.3 Å². The number of aromatic nitrogens is 2. The molecular formula is C16H20N2O2. The molecule has 0 aliphatic carbocycles. The van der Waals surface area contributed by atoms with Crippen molar-refractivity contribution in [2.24, 2.45) is 0 Å². The maximum atomic E-state index is 10.5. The maximum Gasteiger partial charge on any atom is 0.0985 e. The number of para-hydroxylation sites is 1. The number of aliphatic hydroxyl groups excluding tert-OH is 1. The average Bonchev–Trinajstić information content (AvgIpc) is 2.99. The van der Waals surface area contributed by atoms with Gasteiger partial charge in [0, 0.05) is 19.2 Å². The van der Waals surface area contributed by atoms with Crippen LogP contribution in [0, 0.1) is 0 Å². The predicted molar refractivity (Wildman–Crippen MR) is 76.7 cm³/mol. The van der Waals surface area contributed by atoms with Crippen LogP contribution in [0.2, 0.25) is 0 Å². The lowest BCUT2D eigenvalue weighted by molar-refractivity contribution is -0.0167. The summed E-state index contributed by atoms with van der Waals surface area (Å²) in [7, 11) is 0. The third-order valence-corrected chi connectivity index (χ3v) is 3.77. The highest BCUT2D eigenvalue weighted by molar-refractivity contribution is 5.32. The number of hydrogen-bond donors (Lipinski definition) is 1. The summed E-state index contributed by atoms with van der Waals surface area (Å²) < 4.78 is 7.50. The van der Waals surface area contributed by atoms with Gasteiger partial charge in [-0.25, -0.2) is 4.68 Å². The topological polar surface area (TPSA) is 47.3 Å². The Kier molecular flexibility index (Phi) is 4.14. The van der Waals surface area contributed by atoms with E-state index in [1.165, 1.54) is 6.42 Å². The second-order valence-electron chi connectivity index (χ2n) is 5.24. The van der Waals surface area contributed by atoms with Crippen molar-refractivity contribution in [3.63, 3.8) is 0 Å². The third kappa shape index (κ3) is 2.92. The van der Waals surface area contributed by atoms with Crippen LogP contribution in [0.5, 0.6) is 0 Å². The molecule has 106 valence electrons. The van der Waals surface area contributed by atoms with Crippen molar-refractivity contribution < 1.29 is 9.84 Å². The van der Waals surface area contributed by atoms with Crippen molar-refractivity contribution in [2.75, 3.05) is 6.61 Å². The predicted octanol–water partition coefficient (Wildman–Crippen LogP) is 2.86. The normalized spacial score (nSPS) is 20.8. The zero-order chi connectivity index (χ0) is 13.8. The average molecular weight is 272 g/mol. The molecule has 0 amide bonds. The van der Waals surface area contributed by atoms with Crippen LogP contribution in [-0.4, -0.2) is 27.6 Å². The van der Waals surface area contributed by atoms with Gasteiger partial charge >= 0.3 is 0 Å². The first kappa shape index (κ1) is 13.3. The summed E-state index contributed by atoms with van der Waals surface area (Å²) in [5.41, 5.74) is 1.79. The lowest BCUT2D eigenvalue weighted by Crippen LogP contribution is -2.22. The minimum Gasteiger partial charge on any atom is -0.387 e. The minimum atomic E-state index is -0.541. The molecule has 2 unspecified atom stereocenters. The van der Waals surface area contributed by atoms with E-state index in [0.717, 1.165) is 30.8 Å². The Morgan fingerprint density at radius 3 is 2.85 bits per heavy atom. The smallest absolute Gasteiger partial charge is 0.0985 e. The van der Waals surface area contributed by atoms with E-state index < -0.39 is 6.10 Å². The highest BCUT2D eigenvalue weighted by atomic mass is 16.5. The monoisotopic (exact) mass is 272 g/mol. The second kappa shape index (κ2) is 6.20. The Hall–Kier alpha value is -1.65. The molecular weight excluding hydrogens is 252 g/mol. The van der Waals surface area contributed by atoms with Gasteiger partial charge in [0.2, 0.25) is 0 Å². The molecule has 1 aromatic heterocycles. The highest BCUT2D eigenvalue weighted by Gasteiger charge is 2.21. The van der Waals surface area contributed by atoms with E-state index >= 15 is 0 Å². The van der Waals surface area contributed by atoms with Gasteiger partial charge in [0.15, 0.2) is 0 Å². The number of hydrogen-bond acceptors (Lipinski definition) is 3. The van der Waals surface area contributed by atoms with E-state index in [1.54, 1.807) is 10.9 Å². The quantitative estimate of drug-likeness (QED) is 0.931. The lowest BCUT2D eigenvalue weighted by atomic mass is 10.0. The van der Waals surface area contributed by atoms with E-state index in [-0.39, 0.29) is 6.10 Å². The standard InChI is InChI=1S/C16H20N2O2/c19-16(12-14-8-4-5-11-20-14)15-9-10-17-18(15)13-6-2-1-3-7-13/h1-3,6-7,9-10,14,16,19H,4-5,8,11-12H2. The molecule has 1 aliphatic rings. The number of rotatable bonds is 4. The molecule has 1 aromatic carbocycles. The Labute approximate surface area is 119 Å². The van der Waals surface area contributed by atoms with Crippen molar-refractivity contribution >= 4 is 0 Å². The SMILES string of the molecule is OC(CC1CCCCO1)c1ccnn1-c1ccccc1. The van der Waals surface area contributed by atoms with E-state index in [1.807, 2.05) is 36.4 Å². The van der Waals surface area contributed by atoms with Crippen LogP contribution in [-0.2, 0) is 4.74 Å². The van der Waals surface area contributed by atoms with Crippen LogP contribution in [0.4, 0.5) is 0 Å². The van der Waals surface area contributed by atoms with Gasteiger partial charge in [-0.3, -0.25) is 0 Å². The Bertz CT molecular complexity index is 532. The summed E-state index contributed by atoms with van der Waals surface area (Å²) in [5, 5.41) is 14.8. The second-order valence-corrected chi connectivity index (χ2v) is 5.24. The minimum absolute atomic E-state index is 0.165. The van der Waals surface area contributed by atoms with Crippen LogP contribution < -0.4 is 0 Å². The van der Waals surface area contributed by atoms with E-state index in [2.05, 4.69) is 5.10 Å². The summed E-state index contributed by atoms with van der Waals surface area (Å²) in [6.07, 6.45) is 5.35. The van der Waals surface area contributed by atoms with Crippen LogP contribution in [0.15, 0.2) is 42.6 Å². The van der Waals surface area contributed by atoms with Crippen LogP contribution in [0.25, 0.3) is 5.69 Å². The molecule has 2 atom stereocenters. The van der Waals surface area contributed by atoms with E-state index in [4.69, 9.17) is 4.74 Å². The summed E-state index contributed by atoms with van der Waals surface area (Å²) in [6.45, 7) is 0.815. The molecule has 1 aliphatic heterocycles. The van der Waals surface area contributed by atoms with E-state index in [0.29, 0.717) is 6.42 Å². The summed E-state index contributed by atoms with van der Waals surface area (Å²) in [6, 6.07) is 11.8. The fourth-order valence-electron chi connectivity index (χ4n) is 2.71. The van der Waals surface area contributed by atoms with Gasteiger partial charge in [0.05, 0.1) is 23.6 Å². The first-order valence-corrected chi connectivity index (χ1v) is 7.23. The van der Waals surface area contributed by atoms with Gasteiger partial charge < -0.3 is 9.84 Å². The first-order chi connectivity index (χ1) is 9.84. The Morgan fingerprint density at radius 1 is 1.25 bits per heavy atom. The zero-order valence-corrected chi connectivity index (χ0v) is 11.5. The Balaban J connectivity index is 1.75. The molecule has 0 bridgehead atoms. The number of ether oxygens (including phenoxy) is 1. The molecule has 3 rings (SSSR count). The molecule has 0 saturated carbocycles. The fourth-order valence-corrected chi connectivity index (χ4v) is 2.71. The first-order valence-electron chi connectivity index (χ1n) is 7.23. The van der Waals surface area contributed by atoms with Crippen LogP contribution in [0.1, 0.15) is 37.5 Å². The largest absolute Gasteiger partial charge is 0.387 e. The molecule has 1 N–H and O–H groups in total. The third-order valence-electron chi connectivity index (χ3n) is 3.77. The molecule has 2 heterocycles. The van der Waals surface area contributed by atoms with Crippen molar-refractivity contribution in [3.8, 4) is 5.69 Å². The molecule has 4 heteroatoms. The molecule has 1 fully saturated rings. The molecule has 1 saturated heterocycles. The lowest BCUT2D eigenvalue weighted by Gasteiger charge is -2.25. The van der Waals surface area contributed by atoms with Crippen molar-refractivity contribution in [2.45, 2.75) is 37.9 Å².